The van der Waals surface area contributed by atoms with E-state index in [4.69, 9.17) is 4.74 Å². The third-order valence-electron chi connectivity index (χ3n) is 5.15. The number of anilines is 1. The molecule has 4 aromatic rings. The van der Waals surface area contributed by atoms with Crippen molar-refractivity contribution in [1.82, 2.24) is 14.5 Å². The van der Waals surface area contributed by atoms with Crippen LogP contribution in [0.4, 0.5) is 10.8 Å². The number of rotatable bonds is 8. The lowest BCUT2D eigenvalue weighted by Crippen LogP contribution is -2.33. The summed E-state index contributed by atoms with van der Waals surface area (Å²) in [6, 6.07) is 10.1. The van der Waals surface area contributed by atoms with Crippen molar-refractivity contribution in [3.8, 4) is 5.75 Å². The molecule has 4 rings (SSSR count). The van der Waals surface area contributed by atoms with Crippen molar-refractivity contribution in [3.05, 3.63) is 76.4 Å². The van der Waals surface area contributed by atoms with Crippen LogP contribution in [-0.4, -0.2) is 39.0 Å². The Bertz CT molecular complexity index is 1270. The van der Waals surface area contributed by atoms with Crippen LogP contribution in [-0.2, 0) is 6.54 Å². The van der Waals surface area contributed by atoms with Crippen molar-refractivity contribution >= 4 is 38.3 Å². The Hall–Kier alpha value is -3.79. The number of hydrogen-bond donors (Lipinski definition) is 0. The van der Waals surface area contributed by atoms with Crippen molar-refractivity contribution in [1.29, 1.82) is 0 Å². The summed E-state index contributed by atoms with van der Waals surface area (Å²) in [6.07, 6.45) is 5.95. The minimum absolute atomic E-state index is 0.0803. The zero-order valence-electron chi connectivity index (χ0n) is 17.6. The average molecular weight is 452 g/mol. The van der Waals surface area contributed by atoms with E-state index in [0.717, 1.165) is 10.2 Å². The molecule has 0 aliphatic heterocycles. The molecule has 2 aromatic heterocycles. The molecule has 2 aromatic carbocycles. The number of benzene rings is 2. The van der Waals surface area contributed by atoms with E-state index in [1.807, 2.05) is 29.0 Å². The standard InChI is InChI=1S/C22H21N5O4S/c1-15-17(5-3-6-19(15)27(29)30)21(28)26(11-4-10-25-12-9-23-14-25)22-24-18-8-7-16(31-2)13-20(18)32-22/h3,5-9,12-14H,4,10-11H2,1-2H3. The second-order valence-corrected chi connectivity index (χ2v) is 8.16. The van der Waals surface area contributed by atoms with Crippen LogP contribution in [0.2, 0.25) is 0 Å². The highest BCUT2D eigenvalue weighted by Gasteiger charge is 2.25. The summed E-state index contributed by atoms with van der Waals surface area (Å²) in [4.78, 5) is 34.7. The summed E-state index contributed by atoms with van der Waals surface area (Å²) < 4.78 is 8.12. The Morgan fingerprint density at radius 1 is 1.31 bits per heavy atom. The summed E-state index contributed by atoms with van der Waals surface area (Å²) in [7, 11) is 1.60. The van der Waals surface area contributed by atoms with Gasteiger partial charge in [0, 0.05) is 42.7 Å². The molecule has 0 aliphatic carbocycles. The third kappa shape index (κ3) is 4.30. The number of imidazole rings is 1. The second-order valence-electron chi connectivity index (χ2n) is 7.15. The molecule has 2 heterocycles. The molecule has 0 fully saturated rings. The molecule has 0 aliphatic rings. The maximum Gasteiger partial charge on any atom is 0.273 e. The molecule has 0 atom stereocenters. The third-order valence-corrected chi connectivity index (χ3v) is 6.19. The van der Waals surface area contributed by atoms with Crippen LogP contribution in [0.5, 0.6) is 5.75 Å². The SMILES string of the molecule is COc1ccc2nc(N(CCCn3ccnc3)C(=O)c3cccc([N+](=O)[O-])c3C)sc2c1. The van der Waals surface area contributed by atoms with Gasteiger partial charge in [0.05, 0.1) is 28.6 Å². The van der Waals surface area contributed by atoms with E-state index in [0.29, 0.717) is 41.5 Å². The number of fused-ring (bicyclic) bond motifs is 1. The van der Waals surface area contributed by atoms with Gasteiger partial charge in [0.15, 0.2) is 5.13 Å². The quantitative estimate of drug-likeness (QED) is 0.289. The fourth-order valence-corrected chi connectivity index (χ4v) is 4.47. The molecule has 1 amide bonds. The number of nitro benzene ring substituents is 1. The minimum atomic E-state index is -0.473. The summed E-state index contributed by atoms with van der Waals surface area (Å²) in [5, 5.41) is 11.9. The Labute approximate surface area is 188 Å². The van der Waals surface area contributed by atoms with Crippen molar-refractivity contribution in [2.45, 2.75) is 19.9 Å². The molecule has 0 bridgehead atoms. The number of thiazole rings is 1. The predicted octanol–water partition coefficient (Wildman–Crippen LogP) is 4.46. The van der Waals surface area contributed by atoms with Gasteiger partial charge in [-0.15, -0.1) is 0 Å². The molecule has 9 nitrogen and oxygen atoms in total. The van der Waals surface area contributed by atoms with E-state index in [1.165, 1.54) is 23.5 Å². The smallest absolute Gasteiger partial charge is 0.273 e. The second kappa shape index (κ2) is 9.15. The maximum atomic E-state index is 13.6. The van der Waals surface area contributed by atoms with Crippen molar-refractivity contribution < 1.29 is 14.5 Å². The fraction of sp³-hybridized carbons (Fsp3) is 0.227. The molecule has 0 radical (unpaired) electrons. The highest BCUT2D eigenvalue weighted by molar-refractivity contribution is 7.22. The number of nitro groups is 1. The van der Waals surface area contributed by atoms with E-state index < -0.39 is 4.92 Å². The Kier molecular flexibility index (Phi) is 6.13. The van der Waals surface area contributed by atoms with Gasteiger partial charge in [0.25, 0.3) is 11.6 Å². The van der Waals surface area contributed by atoms with Gasteiger partial charge in [-0.05, 0) is 37.6 Å². The van der Waals surface area contributed by atoms with E-state index in [9.17, 15) is 14.9 Å². The van der Waals surface area contributed by atoms with Crippen LogP contribution in [0.3, 0.4) is 0 Å². The first-order valence-corrected chi connectivity index (χ1v) is 10.8. The molecule has 0 unspecified atom stereocenters. The summed E-state index contributed by atoms with van der Waals surface area (Å²) in [5.41, 5.74) is 1.31. The number of amides is 1. The molecule has 32 heavy (non-hydrogen) atoms. The number of ether oxygens (including phenoxy) is 1. The number of carbonyl (C=O) groups excluding carboxylic acids is 1. The highest BCUT2D eigenvalue weighted by Crippen LogP contribution is 2.33. The average Bonchev–Trinajstić information content (AvgIpc) is 3.45. The van der Waals surface area contributed by atoms with Crippen LogP contribution < -0.4 is 9.64 Å². The minimum Gasteiger partial charge on any atom is -0.497 e. The number of methoxy groups -OCH3 is 1. The first kappa shape index (κ1) is 21.4. The normalized spacial score (nSPS) is 10.9. The first-order valence-electron chi connectivity index (χ1n) is 9.94. The number of nitrogens with zero attached hydrogens (tertiary/aromatic N) is 5. The largest absolute Gasteiger partial charge is 0.497 e. The van der Waals surface area contributed by atoms with Crippen LogP contribution >= 0.6 is 11.3 Å². The zero-order chi connectivity index (χ0) is 22.7. The first-order chi connectivity index (χ1) is 15.5. The monoisotopic (exact) mass is 451 g/mol. The van der Waals surface area contributed by atoms with E-state index >= 15 is 0 Å². The van der Waals surface area contributed by atoms with Gasteiger partial charge >= 0.3 is 0 Å². The molecule has 164 valence electrons. The van der Waals surface area contributed by atoms with Crippen LogP contribution in [0, 0.1) is 17.0 Å². The lowest BCUT2D eigenvalue weighted by molar-refractivity contribution is -0.385. The van der Waals surface area contributed by atoms with E-state index in [2.05, 4.69) is 9.97 Å². The summed E-state index contributed by atoms with van der Waals surface area (Å²) >= 11 is 1.38. The molecule has 0 saturated carbocycles. The number of hydrogen-bond acceptors (Lipinski definition) is 7. The van der Waals surface area contributed by atoms with Gasteiger partial charge in [-0.3, -0.25) is 19.8 Å². The van der Waals surface area contributed by atoms with Gasteiger partial charge in [-0.1, -0.05) is 17.4 Å². The Balaban J connectivity index is 1.69. The number of aryl methyl sites for hydroxylation is 1. The summed E-state index contributed by atoms with van der Waals surface area (Å²) in [6.45, 7) is 2.67. The molecule has 0 spiro atoms. The highest BCUT2D eigenvalue weighted by atomic mass is 32.1. The number of carbonyl (C=O) groups is 1. The van der Waals surface area contributed by atoms with Gasteiger partial charge in [0.1, 0.15) is 5.75 Å². The molecule has 0 saturated heterocycles. The van der Waals surface area contributed by atoms with Gasteiger partial charge in [-0.25, -0.2) is 9.97 Å². The molecule has 0 N–H and O–H groups in total. The Morgan fingerprint density at radius 2 is 2.16 bits per heavy atom. The van der Waals surface area contributed by atoms with Crippen molar-refractivity contribution in [3.63, 3.8) is 0 Å². The fourth-order valence-electron chi connectivity index (χ4n) is 3.45. The maximum absolute atomic E-state index is 13.6. The Morgan fingerprint density at radius 3 is 2.88 bits per heavy atom. The lowest BCUT2D eigenvalue weighted by Gasteiger charge is -2.21. The number of aromatic nitrogens is 3. The van der Waals surface area contributed by atoms with Crippen LogP contribution in [0.25, 0.3) is 10.2 Å². The van der Waals surface area contributed by atoms with E-state index in [1.54, 1.807) is 37.5 Å². The molecular formula is C22H21N5O4S. The van der Waals surface area contributed by atoms with Gasteiger partial charge < -0.3 is 9.30 Å². The lowest BCUT2D eigenvalue weighted by atomic mass is 10.1. The van der Waals surface area contributed by atoms with Crippen molar-refractivity contribution in [2.75, 3.05) is 18.6 Å². The van der Waals surface area contributed by atoms with Crippen molar-refractivity contribution in [2.24, 2.45) is 0 Å². The van der Waals surface area contributed by atoms with Gasteiger partial charge in [-0.2, -0.15) is 0 Å². The molecule has 10 heteroatoms. The zero-order valence-corrected chi connectivity index (χ0v) is 18.4. The molecular weight excluding hydrogens is 430 g/mol. The summed E-state index contributed by atoms with van der Waals surface area (Å²) in [5.74, 6) is 0.392. The topological polar surface area (TPSA) is 103 Å². The predicted molar refractivity (Wildman–Crippen MR) is 123 cm³/mol. The van der Waals surface area contributed by atoms with Gasteiger partial charge in [0.2, 0.25) is 0 Å². The van der Waals surface area contributed by atoms with Crippen LogP contribution in [0.1, 0.15) is 22.3 Å². The van der Waals surface area contributed by atoms with E-state index in [-0.39, 0.29) is 11.6 Å². The van der Waals surface area contributed by atoms with Crippen LogP contribution in [0.15, 0.2) is 55.1 Å².